The smallest absolute Gasteiger partial charge is 0.237 e. The quantitative estimate of drug-likeness (QED) is 0.740. The van der Waals surface area contributed by atoms with Gasteiger partial charge in [0.2, 0.25) is 5.91 Å². The van der Waals surface area contributed by atoms with Crippen LogP contribution in [0.15, 0.2) is 0 Å². The minimum absolute atomic E-state index is 0.0204. The topological polar surface area (TPSA) is 58.2 Å². The van der Waals surface area contributed by atoms with E-state index in [0.717, 1.165) is 32.0 Å². The fraction of sp³-hybridized carbons (Fsp3) is 0.882. The third kappa shape index (κ3) is 4.53. The maximum atomic E-state index is 12.6. The first-order chi connectivity index (χ1) is 10.3. The van der Waals surface area contributed by atoms with E-state index in [2.05, 4.69) is 10.6 Å². The van der Waals surface area contributed by atoms with Gasteiger partial charge in [-0.05, 0) is 44.6 Å². The van der Waals surface area contributed by atoms with Crippen molar-refractivity contribution in [2.75, 3.05) is 7.05 Å². The summed E-state index contributed by atoms with van der Waals surface area (Å²) in [6.07, 6.45) is 12.7. The molecule has 0 aliphatic heterocycles. The molecule has 2 N–H and O–H groups in total. The van der Waals surface area contributed by atoms with E-state index in [1.807, 2.05) is 7.05 Å². The van der Waals surface area contributed by atoms with E-state index in [1.54, 1.807) is 0 Å². The molecule has 0 saturated heterocycles. The first-order valence-corrected chi connectivity index (χ1v) is 8.69. The molecule has 0 spiro atoms. The van der Waals surface area contributed by atoms with Gasteiger partial charge in [0.25, 0.3) is 0 Å². The van der Waals surface area contributed by atoms with E-state index in [-0.39, 0.29) is 18.0 Å². The predicted octanol–water partition coefficient (Wildman–Crippen LogP) is 2.42. The number of aldehydes is 1. The van der Waals surface area contributed by atoms with Crippen molar-refractivity contribution in [3.63, 3.8) is 0 Å². The van der Waals surface area contributed by atoms with Gasteiger partial charge < -0.3 is 15.4 Å². The molecule has 0 radical (unpaired) electrons. The van der Waals surface area contributed by atoms with Gasteiger partial charge in [0.05, 0.1) is 12.1 Å². The Balaban J connectivity index is 1.91. The maximum absolute atomic E-state index is 12.6. The number of hydrogen-bond acceptors (Lipinski definition) is 3. The zero-order chi connectivity index (χ0) is 15.1. The molecule has 21 heavy (non-hydrogen) atoms. The summed E-state index contributed by atoms with van der Waals surface area (Å²) in [5.41, 5.74) is 0. The summed E-state index contributed by atoms with van der Waals surface area (Å²) in [4.78, 5) is 23.9. The fourth-order valence-electron chi connectivity index (χ4n) is 4.06. The minimum Gasteiger partial charge on any atom is -0.345 e. The Labute approximate surface area is 128 Å². The Kier molecular flexibility index (Phi) is 6.68. The first-order valence-electron chi connectivity index (χ1n) is 8.69. The van der Waals surface area contributed by atoms with Crippen molar-refractivity contribution in [3.8, 4) is 0 Å². The molecule has 1 amide bonds. The first kappa shape index (κ1) is 16.5. The standard InChI is InChI=1S/C17H30N2O2/c1-18-16(14-10-6-3-7-11-14)17(21)19-15(12-20)13-8-4-2-5-9-13/h12-16,18H,2-11H2,1H3,(H,19,21)/t15-,16+/m0/s1. The minimum atomic E-state index is -0.294. The number of rotatable bonds is 6. The molecule has 0 aromatic rings. The number of hydrogen-bond donors (Lipinski definition) is 2. The average molecular weight is 294 g/mol. The number of carbonyl (C=O) groups excluding carboxylic acids is 2. The molecule has 2 fully saturated rings. The summed E-state index contributed by atoms with van der Waals surface area (Å²) < 4.78 is 0. The molecule has 2 rings (SSSR count). The van der Waals surface area contributed by atoms with Crippen LogP contribution in [0.4, 0.5) is 0 Å². The summed E-state index contributed by atoms with van der Waals surface area (Å²) in [5.74, 6) is 0.776. The summed E-state index contributed by atoms with van der Waals surface area (Å²) in [6, 6.07) is -0.436. The highest BCUT2D eigenvalue weighted by Crippen LogP contribution is 2.28. The second-order valence-electron chi connectivity index (χ2n) is 6.73. The molecule has 4 nitrogen and oxygen atoms in total. The van der Waals surface area contributed by atoms with E-state index >= 15 is 0 Å². The van der Waals surface area contributed by atoms with E-state index < -0.39 is 0 Å². The van der Waals surface area contributed by atoms with Crippen LogP contribution in [-0.4, -0.2) is 31.3 Å². The summed E-state index contributed by atoms with van der Waals surface area (Å²) in [6.45, 7) is 0. The Morgan fingerprint density at radius 1 is 0.952 bits per heavy atom. The van der Waals surface area contributed by atoms with Gasteiger partial charge in [-0.15, -0.1) is 0 Å². The van der Waals surface area contributed by atoms with Crippen molar-refractivity contribution in [2.24, 2.45) is 11.8 Å². The van der Waals surface area contributed by atoms with Crippen molar-refractivity contribution in [1.82, 2.24) is 10.6 Å². The summed E-state index contributed by atoms with van der Waals surface area (Å²) in [7, 11) is 1.86. The molecule has 2 aliphatic rings. The van der Waals surface area contributed by atoms with Crippen LogP contribution in [0.5, 0.6) is 0 Å². The molecule has 0 aromatic carbocycles. The number of likely N-dealkylation sites (N-methyl/N-ethyl adjacent to an activating group) is 1. The maximum Gasteiger partial charge on any atom is 0.237 e. The molecule has 0 heterocycles. The molecule has 2 aliphatic carbocycles. The summed E-state index contributed by atoms with van der Waals surface area (Å²) >= 11 is 0. The lowest BCUT2D eigenvalue weighted by atomic mass is 9.82. The van der Waals surface area contributed by atoms with Crippen LogP contribution in [0, 0.1) is 11.8 Å². The zero-order valence-electron chi connectivity index (χ0n) is 13.3. The molecule has 0 bridgehead atoms. The number of carbonyl (C=O) groups is 2. The molecular formula is C17H30N2O2. The highest BCUT2D eigenvalue weighted by molar-refractivity contribution is 5.84. The molecule has 0 unspecified atom stereocenters. The Bertz CT molecular complexity index is 334. The molecule has 120 valence electrons. The van der Waals surface area contributed by atoms with Gasteiger partial charge >= 0.3 is 0 Å². The lowest BCUT2D eigenvalue weighted by Crippen LogP contribution is -2.53. The normalized spacial score (nSPS) is 24.2. The number of nitrogens with one attached hydrogen (secondary N) is 2. The summed E-state index contributed by atoms with van der Waals surface area (Å²) in [5, 5.41) is 6.19. The Morgan fingerprint density at radius 3 is 1.95 bits per heavy atom. The molecule has 4 heteroatoms. The molecule has 2 atom stereocenters. The largest absolute Gasteiger partial charge is 0.345 e. The zero-order valence-corrected chi connectivity index (χ0v) is 13.3. The van der Waals surface area contributed by atoms with Gasteiger partial charge in [-0.2, -0.15) is 0 Å². The lowest BCUT2D eigenvalue weighted by molar-refractivity contribution is -0.128. The van der Waals surface area contributed by atoms with Gasteiger partial charge in [0.1, 0.15) is 6.29 Å². The van der Waals surface area contributed by atoms with Crippen LogP contribution in [0.2, 0.25) is 0 Å². The van der Waals surface area contributed by atoms with Crippen LogP contribution in [0.3, 0.4) is 0 Å². The van der Waals surface area contributed by atoms with Crippen LogP contribution in [0.25, 0.3) is 0 Å². The number of amides is 1. The van der Waals surface area contributed by atoms with E-state index in [0.29, 0.717) is 11.8 Å². The Hall–Kier alpha value is -0.900. The van der Waals surface area contributed by atoms with Crippen molar-refractivity contribution < 1.29 is 9.59 Å². The van der Waals surface area contributed by atoms with Crippen molar-refractivity contribution in [1.29, 1.82) is 0 Å². The van der Waals surface area contributed by atoms with Gasteiger partial charge in [-0.1, -0.05) is 38.5 Å². The van der Waals surface area contributed by atoms with Gasteiger partial charge in [0.15, 0.2) is 0 Å². The highest BCUT2D eigenvalue weighted by atomic mass is 16.2. The lowest BCUT2D eigenvalue weighted by Gasteiger charge is -2.32. The van der Waals surface area contributed by atoms with Crippen LogP contribution >= 0.6 is 0 Å². The van der Waals surface area contributed by atoms with Crippen molar-refractivity contribution in [3.05, 3.63) is 0 Å². The molecule has 0 aromatic heterocycles. The van der Waals surface area contributed by atoms with E-state index in [4.69, 9.17) is 0 Å². The monoisotopic (exact) mass is 294 g/mol. The van der Waals surface area contributed by atoms with Crippen molar-refractivity contribution >= 4 is 12.2 Å². The third-order valence-corrected chi connectivity index (χ3v) is 5.33. The highest BCUT2D eigenvalue weighted by Gasteiger charge is 2.31. The van der Waals surface area contributed by atoms with Gasteiger partial charge in [0, 0.05) is 0 Å². The van der Waals surface area contributed by atoms with E-state index in [1.165, 1.54) is 38.5 Å². The van der Waals surface area contributed by atoms with E-state index in [9.17, 15) is 9.59 Å². The second kappa shape index (κ2) is 8.52. The molecular weight excluding hydrogens is 264 g/mol. The van der Waals surface area contributed by atoms with Crippen LogP contribution in [-0.2, 0) is 9.59 Å². The Morgan fingerprint density at radius 2 is 1.48 bits per heavy atom. The average Bonchev–Trinajstić information content (AvgIpc) is 2.55. The predicted molar refractivity (Wildman–Crippen MR) is 84.0 cm³/mol. The van der Waals surface area contributed by atoms with Gasteiger partial charge in [-0.3, -0.25) is 4.79 Å². The second-order valence-corrected chi connectivity index (χ2v) is 6.73. The van der Waals surface area contributed by atoms with Crippen LogP contribution in [0.1, 0.15) is 64.2 Å². The molecule has 2 saturated carbocycles. The van der Waals surface area contributed by atoms with Crippen LogP contribution < -0.4 is 10.6 Å². The third-order valence-electron chi connectivity index (χ3n) is 5.33. The van der Waals surface area contributed by atoms with Gasteiger partial charge in [-0.25, -0.2) is 0 Å². The SMILES string of the molecule is CN[C@@H](C(=O)N[C@@H](C=O)C1CCCCC1)C1CCCCC1. The van der Waals surface area contributed by atoms with Crippen molar-refractivity contribution in [2.45, 2.75) is 76.3 Å². The fourth-order valence-corrected chi connectivity index (χ4v) is 4.06.